The van der Waals surface area contributed by atoms with E-state index in [0.717, 1.165) is 32.9 Å². The van der Waals surface area contributed by atoms with E-state index in [1.54, 1.807) is 0 Å². The zero-order chi connectivity index (χ0) is 43.7. The number of hydrogen-bond donors (Lipinski definition) is 0. The van der Waals surface area contributed by atoms with Crippen molar-refractivity contribution in [3.05, 3.63) is 164 Å². The van der Waals surface area contributed by atoms with E-state index in [9.17, 15) is 4.11 Å². The summed E-state index contributed by atoms with van der Waals surface area (Å²) in [6.07, 6.45) is 0. The molecule has 0 unspecified atom stereocenters. The van der Waals surface area contributed by atoms with Gasteiger partial charge in [-0.3, -0.25) is 0 Å². The highest BCUT2D eigenvalue weighted by Crippen LogP contribution is 2.44. The smallest absolute Gasteiger partial charge is 0.164 e. The summed E-state index contributed by atoms with van der Waals surface area (Å²) in [6.45, 7) is 0. The molecule has 0 amide bonds. The first-order valence-electron chi connectivity index (χ1n) is 21.9. The molecule has 11 rings (SSSR count). The van der Waals surface area contributed by atoms with Crippen LogP contribution < -0.4 is 0 Å². The molecule has 0 spiro atoms. The zero-order valence-corrected chi connectivity index (χ0v) is 27.7. The highest BCUT2D eigenvalue weighted by Gasteiger charge is 2.21. The molecule has 242 valence electrons. The molecule has 0 aliphatic rings. The first-order chi connectivity index (χ1) is 30.3. The van der Waals surface area contributed by atoms with E-state index in [1.165, 1.54) is 12.1 Å². The number of fused-ring (bicyclic) bond motifs is 8. The number of thiophene rings is 1. The van der Waals surface area contributed by atoms with Gasteiger partial charge in [0.15, 0.2) is 17.5 Å². The van der Waals surface area contributed by atoms with Gasteiger partial charge in [-0.05, 0) is 69.0 Å². The average molecular weight is 693 g/mol. The number of nitrogens with zero attached hydrogens (tertiary/aromatic N) is 3. The molecule has 8 aromatic carbocycles. The Hall–Kier alpha value is -6.69. The van der Waals surface area contributed by atoms with Gasteiger partial charge in [-0.15, -0.1) is 11.3 Å². The normalized spacial score (nSPS) is 14.8. The molecule has 5 heteroatoms. The highest BCUT2D eigenvalue weighted by atomic mass is 32.1. The number of benzene rings is 8. The zero-order valence-electron chi connectivity index (χ0n) is 37.9. The summed E-state index contributed by atoms with van der Waals surface area (Å²) in [5.41, 5.74) is 0.936. The summed E-state index contributed by atoms with van der Waals surface area (Å²) in [6, 6.07) is 25.9. The molecule has 52 heavy (non-hydrogen) atoms. The minimum Gasteiger partial charge on any atom is -0.456 e. The van der Waals surface area contributed by atoms with Gasteiger partial charge in [-0.1, -0.05) is 127 Å². The lowest BCUT2D eigenvalue weighted by molar-refractivity contribution is 0.669. The van der Waals surface area contributed by atoms with Crippen molar-refractivity contribution in [1.82, 2.24) is 15.0 Å². The Bertz CT molecular complexity index is 3750. The van der Waals surface area contributed by atoms with Gasteiger partial charge in [0.2, 0.25) is 0 Å². The van der Waals surface area contributed by atoms with Crippen LogP contribution in [0, 0.1) is 0 Å². The molecule has 0 fully saturated rings. The SMILES string of the molecule is [2H]c1cc([2H])c2oc3c([2H])c(-c4c([2H])c([2H])c([2H])c5c4sc4c([2H])c([2H])c([2H])c([2H])c45)c([2H])c(-c4nc(-c5ccc6ccccc6c5)nc(-c5ccc6ccccc6c5)n4)c3c2c1. The molecule has 0 aliphatic carbocycles. The van der Waals surface area contributed by atoms with Crippen LogP contribution in [-0.4, -0.2) is 15.0 Å². The van der Waals surface area contributed by atoms with E-state index in [1.807, 2.05) is 84.9 Å². The Morgan fingerprint density at radius 1 is 0.481 bits per heavy atom. The van der Waals surface area contributed by atoms with E-state index >= 15 is 0 Å². The fourth-order valence-corrected chi connectivity index (χ4v) is 7.86. The molecule has 0 radical (unpaired) electrons. The van der Waals surface area contributed by atoms with Crippen LogP contribution in [0.1, 0.15) is 15.1 Å². The van der Waals surface area contributed by atoms with Gasteiger partial charge in [0.25, 0.3) is 0 Å². The molecule has 11 aromatic rings. The summed E-state index contributed by atoms with van der Waals surface area (Å²) in [5, 5.41) is 4.29. The Labute approximate surface area is 317 Å². The maximum atomic E-state index is 10.1. The van der Waals surface area contributed by atoms with Crippen molar-refractivity contribution < 1.29 is 19.5 Å². The minimum atomic E-state index is -0.570. The van der Waals surface area contributed by atoms with Gasteiger partial charge in [-0.25, -0.2) is 15.0 Å². The van der Waals surface area contributed by atoms with Crippen molar-refractivity contribution >= 4 is 75.0 Å². The fourth-order valence-electron chi connectivity index (χ4n) is 6.79. The first kappa shape index (κ1) is 20.2. The Kier molecular flexibility index (Phi) is 4.44. The summed E-state index contributed by atoms with van der Waals surface area (Å²) in [5.74, 6) is 0.507. The van der Waals surface area contributed by atoms with E-state index in [0.29, 0.717) is 11.1 Å². The number of rotatable bonds is 4. The van der Waals surface area contributed by atoms with Crippen LogP contribution in [0.25, 0.3) is 109 Å². The predicted octanol–water partition coefficient (Wildman–Crippen LogP) is 13.1. The number of aromatic nitrogens is 3. The van der Waals surface area contributed by atoms with Crippen molar-refractivity contribution in [2.45, 2.75) is 0 Å². The molecule has 3 aromatic heterocycles. The number of furan rings is 1. The van der Waals surface area contributed by atoms with Crippen LogP contribution in [0.4, 0.5) is 0 Å². The lowest BCUT2D eigenvalue weighted by Crippen LogP contribution is -2.01. The molecule has 0 saturated carbocycles. The standard InChI is InChI=1S/C47H27N3OS/c1-3-12-30-24-32(22-20-28(30)10-1)45-48-46(33-23-21-29-11-2-4-13-31(29)25-33)50-47(49-45)39-26-34(27-41-43(39)38-15-5-7-18-40(38)51-41)35-16-9-17-37-36-14-6-8-19-42(36)52-44(35)37/h1-27H/i5D,6D,8D,9D,14D,16D,17D,18D,19D,26D,27D. The van der Waals surface area contributed by atoms with Crippen LogP contribution in [0.15, 0.2) is 168 Å². The molecule has 0 bridgehead atoms. The van der Waals surface area contributed by atoms with E-state index < -0.39 is 36.3 Å². The molecule has 0 atom stereocenters. The summed E-state index contributed by atoms with van der Waals surface area (Å²) >= 11 is 0.891. The van der Waals surface area contributed by atoms with Gasteiger partial charge in [-0.2, -0.15) is 0 Å². The summed E-state index contributed by atoms with van der Waals surface area (Å²) < 4.78 is 105. The average Bonchev–Trinajstić information content (AvgIpc) is 3.88. The van der Waals surface area contributed by atoms with E-state index in [4.69, 9.17) is 30.3 Å². The van der Waals surface area contributed by atoms with Crippen molar-refractivity contribution in [3.8, 4) is 45.3 Å². The molecule has 4 nitrogen and oxygen atoms in total. The Morgan fingerprint density at radius 3 is 1.90 bits per heavy atom. The topological polar surface area (TPSA) is 51.8 Å². The second-order valence-corrected chi connectivity index (χ2v) is 13.4. The number of para-hydroxylation sites is 1. The molecule has 3 heterocycles. The highest BCUT2D eigenvalue weighted by molar-refractivity contribution is 7.26. The molecular weight excluding hydrogens is 655 g/mol. The first-order valence-corrected chi connectivity index (χ1v) is 17.3. The van der Waals surface area contributed by atoms with Crippen molar-refractivity contribution in [2.75, 3.05) is 0 Å². The predicted molar refractivity (Wildman–Crippen MR) is 217 cm³/mol. The van der Waals surface area contributed by atoms with Gasteiger partial charge >= 0.3 is 0 Å². The van der Waals surface area contributed by atoms with Crippen LogP contribution in [0.5, 0.6) is 0 Å². The third-order valence-electron chi connectivity index (χ3n) is 9.26. The third-order valence-corrected chi connectivity index (χ3v) is 10.4. The maximum absolute atomic E-state index is 10.1. The minimum absolute atomic E-state index is 0.00296. The van der Waals surface area contributed by atoms with Crippen molar-refractivity contribution in [3.63, 3.8) is 0 Å². The quantitative estimate of drug-likeness (QED) is 0.184. The van der Waals surface area contributed by atoms with Gasteiger partial charge in [0.1, 0.15) is 11.2 Å². The largest absolute Gasteiger partial charge is 0.456 e. The Balaban J connectivity index is 1.30. The van der Waals surface area contributed by atoms with Crippen molar-refractivity contribution in [2.24, 2.45) is 0 Å². The van der Waals surface area contributed by atoms with Crippen molar-refractivity contribution in [1.29, 1.82) is 0 Å². The second kappa shape index (κ2) is 11.4. The monoisotopic (exact) mass is 692 g/mol. The molecule has 0 aliphatic heterocycles. The fraction of sp³-hybridized carbons (Fsp3) is 0. The molecule has 0 N–H and O–H groups in total. The molecule has 0 saturated heterocycles. The third kappa shape index (κ3) is 4.64. The van der Waals surface area contributed by atoms with Gasteiger partial charge in [0, 0.05) is 47.6 Å². The van der Waals surface area contributed by atoms with Gasteiger partial charge < -0.3 is 4.42 Å². The van der Waals surface area contributed by atoms with Crippen LogP contribution in [0.3, 0.4) is 0 Å². The second-order valence-electron chi connectivity index (χ2n) is 12.3. The Morgan fingerprint density at radius 2 is 1.15 bits per heavy atom. The van der Waals surface area contributed by atoms with Crippen LogP contribution in [-0.2, 0) is 0 Å². The van der Waals surface area contributed by atoms with Gasteiger partial charge in [0.05, 0.1) is 15.1 Å². The number of hydrogen-bond acceptors (Lipinski definition) is 5. The van der Waals surface area contributed by atoms with E-state index in [-0.39, 0.29) is 106 Å². The summed E-state index contributed by atoms with van der Waals surface area (Å²) in [4.78, 5) is 15.0. The maximum Gasteiger partial charge on any atom is 0.164 e. The lowest BCUT2D eigenvalue weighted by atomic mass is 9.97. The molecular formula is C47H27N3OS. The van der Waals surface area contributed by atoms with Crippen LogP contribution >= 0.6 is 11.3 Å². The summed E-state index contributed by atoms with van der Waals surface area (Å²) in [7, 11) is 0. The van der Waals surface area contributed by atoms with Crippen LogP contribution in [0.2, 0.25) is 0 Å². The van der Waals surface area contributed by atoms with E-state index in [2.05, 4.69) is 0 Å². The lowest BCUT2D eigenvalue weighted by Gasteiger charge is -2.12.